The van der Waals surface area contributed by atoms with E-state index in [1.807, 2.05) is 12.1 Å². The first-order valence-corrected chi connectivity index (χ1v) is 9.74. The molecule has 146 valence electrons. The number of halogens is 1. The van der Waals surface area contributed by atoms with Gasteiger partial charge in [-0.25, -0.2) is 4.98 Å². The lowest BCUT2D eigenvalue weighted by Gasteiger charge is -2.09. The molecule has 7 nitrogen and oxygen atoms in total. The van der Waals surface area contributed by atoms with Crippen LogP contribution in [-0.4, -0.2) is 28.7 Å². The van der Waals surface area contributed by atoms with Gasteiger partial charge in [-0.3, -0.25) is 9.59 Å². The second kappa shape index (κ2) is 9.28. The lowest BCUT2D eigenvalue weighted by molar-refractivity contribution is -0.113. The Labute approximate surface area is 175 Å². The molecule has 0 atom stereocenters. The summed E-state index contributed by atoms with van der Waals surface area (Å²) in [6.45, 7) is 0. The number of benzene rings is 2. The van der Waals surface area contributed by atoms with Gasteiger partial charge in [0.2, 0.25) is 5.91 Å². The number of carbonyl (C=O) groups is 1. The molecule has 0 saturated heterocycles. The number of amides is 1. The summed E-state index contributed by atoms with van der Waals surface area (Å²) in [4.78, 5) is 31.4. The zero-order valence-corrected chi connectivity index (χ0v) is 16.8. The molecule has 3 aromatic rings. The van der Waals surface area contributed by atoms with Crippen LogP contribution in [0.1, 0.15) is 5.56 Å². The van der Waals surface area contributed by atoms with Crippen LogP contribution >= 0.6 is 23.4 Å². The number of carbonyl (C=O) groups excluding carboxylic acids is 1. The minimum Gasteiger partial charge on any atom is -0.495 e. The van der Waals surface area contributed by atoms with Gasteiger partial charge < -0.3 is 15.0 Å². The minimum atomic E-state index is -0.550. The zero-order chi connectivity index (χ0) is 20.8. The lowest BCUT2D eigenvalue weighted by Crippen LogP contribution is -2.17. The van der Waals surface area contributed by atoms with E-state index in [4.69, 9.17) is 16.3 Å². The van der Waals surface area contributed by atoms with Crippen LogP contribution in [0.3, 0.4) is 0 Å². The van der Waals surface area contributed by atoms with Crippen molar-refractivity contribution < 1.29 is 9.53 Å². The molecular formula is C20H15ClN4O3S. The molecule has 2 aromatic carbocycles. The van der Waals surface area contributed by atoms with E-state index in [2.05, 4.69) is 15.3 Å². The van der Waals surface area contributed by atoms with Gasteiger partial charge >= 0.3 is 0 Å². The molecule has 0 aliphatic carbocycles. The highest BCUT2D eigenvalue weighted by Crippen LogP contribution is 2.27. The number of methoxy groups -OCH3 is 1. The number of aromatic amines is 1. The summed E-state index contributed by atoms with van der Waals surface area (Å²) in [6.07, 6.45) is 0. The fourth-order valence-electron chi connectivity index (χ4n) is 2.50. The van der Waals surface area contributed by atoms with Crippen LogP contribution in [0, 0.1) is 11.3 Å². The van der Waals surface area contributed by atoms with Crippen molar-refractivity contribution in [2.45, 2.75) is 5.16 Å². The highest BCUT2D eigenvalue weighted by Gasteiger charge is 2.14. The van der Waals surface area contributed by atoms with Crippen molar-refractivity contribution in [3.63, 3.8) is 0 Å². The fraction of sp³-hybridized carbons (Fsp3) is 0.100. The first-order valence-electron chi connectivity index (χ1n) is 8.38. The van der Waals surface area contributed by atoms with Crippen molar-refractivity contribution in [3.8, 4) is 23.1 Å². The molecule has 0 aliphatic heterocycles. The second-order valence-corrected chi connectivity index (χ2v) is 7.13. The van der Waals surface area contributed by atoms with Gasteiger partial charge in [-0.05, 0) is 18.2 Å². The maximum Gasteiger partial charge on any atom is 0.270 e. The number of H-pyrrole nitrogens is 1. The first-order chi connectivity index (χ1) is 14.0. The molecule has 2 N–H and O–H groups in total. The number of thioether (sulfide) groups is 1. The van der Waals surface area contributed by atoms with Gasteiger partial charge in [0.15, 0.2) is 5.16 Å². The van der Waals surface area contributed by atoms with Gasteiger partial charge in [-0.15, -0.1) is 0 Å². The average molecular weight is 427 g/mol. The fourth-order valence-corrected chi connectivity index (χ4v) is 3.42. The van der Waals surface area contributed by atoms with Crippen molar-refractivity contribution >= 4 is 35.0 Å². The highest BCUT2D eigenvalue weighted by molar-refractivity contribution is 7.99. The Morgan fingerprint density at radius 2 is 2.07 bits per heavy atom. The number of aromatic nitrogens is 2. The smallest absolute Gasteiger partial charge is 0.270 e. The van der Waals surface area contributed by atoms with Crippen molar-refractivity contribution in [3.05, 3.63) is 69.5 Å². The average Bonchev–Trinajstić information content (AvgIpc) is 2.72. The standard InChI is InChI=1S/C20H15ClN4O3S/c1-28-16-8-7-13(9-15(16)21)23-17(26)11-29-20-24-18(12-5-3-2-4-6-12)14(10-22)19(27)25-20/h2-9H,11H2,1H3,(H,23,26)(H,24,25,27). The Morgan fingerprint density at radius 1 is 1.31 bits per heavy atom. The van der Waals surface area contributed by atoms with E-state index >= 15 is 0 Å². The van der Waals surface area contributed by atoms with Crippen molar-refractivity contribution in [1.29, 1.82) is 5.26 Å². The largest absolute Gasteiger partial charge is 0.495 e. The minimum absolute atomic E-state index is 0.00666. The lowest BCUT2D eigenvalue weighted by atomic mass is 10.1. The predicted molar refractivity (Wildman–Crippen MR) is 112 cm³/mol. The summed E-state index contributed by atoms with van der Waals surface area (Å²) in [5, 5.41) is 12.6. The van der Waals surface area contributed by atoms with Crippen LogP contribution in [0.4, 0.5) is 5.69 Å². The molecule has 29 heavy (non-hydrogen) atoms. The van der Waals surface area contributed by atoms with Crippen molar-refractivity contribution in [2.24, 2.45) is 0 Å². The molecule has 0 saturated carbocycles. The van der Waals surface area contributed by atoms with E-state index in [1.165, 1.54) is 7.11 Å². The highest BCUT2D eigenvalue weighted by atomic mass is 35.5. The number of nitrogens with zero attached hydrogens (tertiary/aromatic N) is 2. The van der Waals surface area contributed by atoms with E-state index < -0.39 is 5.56 Å². The molecule has 1 heterocycles. The van der Waals surface area contributed by atoms with E-state index in [1.54, 1.807) is 42.5 Å². The van der Waals surface area contributed by atoms with Crippen molar-refractivity contribution in [2.75, 3.05) is 18.2 Å². The summed E-state index contributed by atoms with van der Waals surface area (Å²) < 4.78 is 5.07. The Hall–Kier alpha value is -3.28. The summed E-state index contributed by atoms with van der Waals surface area (Å²) in [7, 11) is 1.51. The molecule has 0 spiro atoms. The molecule has 0 aliphatic rings. The molecular weight excluding hydrogens is 412 g/mol. The maximum absolute atomic E-state index is 12.2. The maximum atomic E-state index is 12.2. The topological polar surface area (TPSA) is 108 Å². The van der Waals surface area contributed by atoms with Crippen molar-refractivity contribution in [1.82, 2.24) is 9.97 Å². The predicted octanol–water partition coefficient (Wildman–Crippen LogP) is 3.70. The van der Waals surface area contributed by atoms with Crippen LogP contribution in [-0.2, 0) is 4.79 Å². The monoisotopic (exact) mass is 426 g/mol. The molecule has 0 radical (unpaired) electrons. The van der Waals surface area contributed by atoms with E-state index in [9.17, 15) is 14.9 Å². The third-order valence-electron chi connectivity index (χ3n) is 3.83. The van der Waals surface area contributed by atoms with E-state index in [-0.39, 0.29) is 28.1 Å². The van der Waals surface area contributed by atoms with Gasteiger partial charge in [0.1, 0.15) is 17.4 Å². The van der Waals surface area contributed by atoms with Gasteiger partial charge in [0.05, 0.1) is 23.6 Å². The zero-order valence-electron chi connectivity index (χ0n) is 15.2. The molecule has 0 unspecified atom stereocenters. The number of rotatable bonds is 6. The number of hydrogen-bond donors (Lipinski definition) is 2. The van der Waals surface area contributed by atoms with E-state index in [0.29, 0.717) is 22.0 Å². The first kappa shape index (κ1) is 20.5. The molecule has 0 bridgehead atoms. The number of nitriles is 1. The number of ether oxygens (including phenoxy) is 1. The third kappa shape index (κ3) is 4.96. The molecule has 0 fully saturated rings. The van der Waals surface area contributed by atoms with Gasteiger partial charge in [0.25, 0.3) is 5.56 Å². The Bertz CT molecular complexity index is 1140. The van der Waals surface area contributed by atoms with Crippen LogP contribution in [0.2, 0.25) is 5.02 Å². The van der Waals surface area contributed by atoms with Crippen LogP contribution < -0.4 is 15.6 Å². The summed E-state index contributed by atoms with van der Waals surface area (Å²) >= 11 is 7.11. The Kier molecular flexibility index (Phi) is 6.54. The number of hydrogen-bond acceptors (Lipinski definition) is 6. The molecule has 1 aromatic heterocycles. The van der Waals surface area contributed by atoms with E-state index in [0.717, 1.165) is 11.8 Å². The Morgan fingerprint density at radius 3 is 2.72 bits per heavy atom. The summed E-state index contributed by atoms with van der Waals surface area (Å²) in [5.41, 5.74) is 0.827. The molecule has 1 amide bonds. The van der Waals surface area contributed by atoms with Crippen LogP contribution in [0.15, 0.2) is 58.5 Å². The van der Waals surface area contributed by atoms with Gasteiger partial charge in [-0.1, -0.05) is 53.7 Å². The third-order valence-corrected chi connectivity index (χ3v) is 5.00. The van der Waals surface area contributed by atoms with Gasteiger partial charge in [-0.2, -0.15) is 5.26 Å². The van der Waals surface area contributed by atoms with Crippen LogP contribution in [0.25, 0.3) is 11.3 Å². The normalized spacial score (nSPS) is 10.2. The number of nitrogens with one attached hydrogen (secondary N) is 2. The van der Waals surface area contributed by atoms with Crippen LogP contribution in [0.5, 0.6) is 5.75 Å². The summed E-state index contributed by atoms with van der Waals surface area (Å²) in [5.74, 6) is 0.212. The molecule has 9 heteroatoms. The quantitative estimate of drug-likeness (QED) is 0.459. The van der Waals surface area contributed by atoms with Gasteiger partial charge in [0, 0.05) is 11.3 Å². The number of anilines is 1. The molecule has 3 rings (SSSR count). The summed E-state index contributed by atoms with van der Waals surface area (Å²) in [6, 6.07) is 15.7. The second-order valence-electron chi connectivity index (χ2n) is 5.76. The Balaban J connectivity index is 1.74. The SMILES string of the molecule is COc1ccc(NC(=O)CSc2nc(-c3ccccc3)c(C#N)c(=O)[nH]2)cc1Cl.